The molecule has 0 bridgehead atoms. The monoisotopic (exact) mass is 425 g/mol. The van der Waals surface area contributed by atoms with Gasteiger partial charge in [0.1, 0.15) is 12.1 Å². The first-order chi connectivity index (χ1) is 15.2. The molecule has 1 aliphatic heterocycles. The SMILES string of the molecule is CCCCNc1ncc(-c2cc(N3CCOCC3)ncn2)c(N=C2CCC(O)CC2)n1. The summed E-state index contributed by atoms with van der Waals surface area (Å²) in [7, 11) is 0. The van der Waals surface area contributed by atoms with Crippen molar-refractivity contribution in [3.8, 4) is 11.3 Å². The molecule has 1 saturated carbocycles. The van der Waals surface area contributed by atoms with Gasteiger partial charge in [-0.15, -0.1) is 0 Å². The van der Waals surface area contributed by atoms with Crippen molar-refractivity contribution in [1.29, 1.82) is 0 Å². The predicted molar refractivity (Wildman–Crippen MR) is 121 cm³/mol. The van der Waals surface area contributed by atoms with Gasteiger partial charge in [-0.2, -0.15) is 4.98 Å². The van der Waals surface area contributed by atoms with Crippen molar-refractivity contribution < 1.29 is 9.84 Å². The Morgan fingerprint density at radius 3 is 2.77 bits per heavy atom. The molecule has 9 heteroatoms. The van der Waals surface area contributed by atoms with Crippen molar-refractivity contribution in [2.45, 2.75) is 51.6 Å². The second-order valence-electron chi connectivity index (χ2n) is 7.98. The van der Waals surface area contributed by atoms with Gasteiger partial charge in [0.2, 0.25) is 5.95 Å². The molecule has 166 valence electrons. The van der Waals surface area contributed by atoms with Crippen molar-refractivity contribution in [3.63, 3.8) is 0 Å². The Balaban J connectivity index is 1.65. The van der Waals surface area contributed by atoms with Gasteiger partial charge in [0, 0.05) is 37.6 Å². The minimum absolute atomic E-state index is 0.229. The van der Waals surface area contributed by atoms with Crippen LogP contribution in [0.25, 0.3) is 11.3 Å². The summed E-state index contributed by atoms with van der Waals surface area (Å²) in [5.41, 5.74) is 2.61. The molecule has 0 radical (unpaired) electrons. The van der Waals surface area contributed by atoms with Crippen molar-refractivity contribution >= 4 is 23.3 Å². The number of unbranched alkanes of at least 4 members (excludes halogenated alkanes) is 1. The summed E-state index contributed by atoms with van der Waals surface area (Å²) in [4.78, 5) is 25.2. The first kappa shape index (κ1) is 21.6. The summed E-state index contributed by atoms with van der Waals surface area (Å²) < 4.78 is 5.45. The maximum Gasteiger partial charge on any atom is 0.224 e. The van der Waals surface area contributed by atoms with Gasteiger partial charge < -0.3 is 20.1 Å². The molecule has 3 heterocycles. The fourth-order valence-corrected chi connectivity index (χ4v) is 3.76. The number of aliphatic imine (C=N–C) groups is 1. The summed E-state index contributed by atoms with van der Waals surface area (Å²) in [5, 5.41) is 13.1. The molecule has 0 unspecified atom stereocenters. The lowest BCUT2D eigenvalue weighted by molar-refractivity contribution is 0.122. The van der Waals surface area contributed by atoms with Gasteiger partial charge >= 0.3 is 0 Å². The number of hydrogen-bond donors (Lipinski definition) is 2. The van der Waals surface area contributed by atoms with Crippen LogP contribution in [-0.2, 0) is 4.74 Å². The maximum absolute atomic E-state index is 9.82. The van der Waals surface area contributed by atoms with E-state index in [2.05, 4.69) is 32.1 Å². The van der Waals surface area contributed by atoms with Crippen molar-refractivity contribution in [2.75, 3.05) is 43.1 Å². The Morgan fingerprint density at radius 1 is 1.19 bits per heavy atom. The Labute approximate surface area is 183 Å². The molecule has 2 aliphatic rings. The Hall–Kier alpha value is -2.65. The number of nitrogens with one attached hydrogen (secondary N) is 1. The van der Waals surface area contributed by atoms with Gasteiger partial charge in [0.25, 0.3) is 0 Å². The third-order valence-electron chi connectivity index (χ3n) is 5.64. The average Bonchev–Trinajstić information content (AvgIpc) is 2.82. The summed E-state index contributed by atoms with van der Waals surface area (Å²) >= 11 is 0. The van der Waals surface area contributed by atoms with Crippen LogP contribution in [0.3, 0.4) is 0 Å². The molecule has 0 spiro atoms. The van der Waals surface area contributed by atoms with E-state index in [4.69, 9.17) is 14.7 Å². The fourth-order valence-electron chi connectivity index (χ4n) is 3.76. The van der Waals surface area contributed by atoms with Gasteiger partial charge in [-0.1, -0.05) is 13.3 Å². The summed E-state index contributed by atoms with van der Waals surface area (Å²) in [6, 6.07) is 1.97. The number of hydrogen-bond acceptors (Lipinski definition) is 9. The molecule has 31 heavy (non-hydrogen) atoms. The van der Waals surface area contributed by atoms with Crippen LogP contribution in [0.4, 0.5) is 17.6 Å². The Bertz CT molecular complexity index is 889. The van der Waals surface area contributed by atoms with Gasteiger partial charge in [-0.25, -0.2) is 19.9 Å². The minimum Gasteiger partial charge on any atom is -0.393 e. The standard InChI is InChI=1S/C22H31N7O2/c1-2-3-8-23-22-24-14-18(21(28-22)27-16-4-6-17(30)7-5-16)19-13-20(26-15-25-19)29-9-11-31-12-10-29/h13-15,17,30H,2-12H2,1H3,(H,23,24,28). The van der Waals surface area contributed by atoms with Crippen LogP contribution >= 0.6 is 0 Å². The number of anilines is 2. The van der Waals surface area contributed by atoms with Crippen LogP contribution in [0.5, 0.6) is 0 Å². The number of nitrogens with zero attached hydrogens (tertiary/aromatic N) is 6. The van der Waals surface area contributed by atoms with Crippen molar-refractivity contribution in [2.24, 2.45) is 4.99 Å². The highest BCUT2D eigenvalue weighted by Crippen LogP contribution is 2.31. The predicted octanol–water partition coefficient (Wildman–Crippen LogP) is 2.99. The van der Waals surface area contributed by atoms with E-state index in [9.17, 15) is 5.11 Å². The third kappa shape index (κ3) is 5.74. The number of rotatable bonds is 7. The first-order valence-electron chi connectivity index (χ1n) is 11.2. The lowest BCUT2D eigenvalue weighted by atomic mass is 9.96. The Morgan fingerprint density at radius 2 is 2.00 bits per heavy atom. The second kappa shape index (κ2) is 10.6. The van der Waals surface area contributed by atoms with Crippen LogP contribution in [0.15, 0.2) is 23.6 Å². The molecule has 4 rings (SSSR count). The molecule has 1 saturated heterocycles. The number of aliphatic hydroxyl groups is 1. The molecule has 0 aromatic carbocycles. The van der Waals surface area contributed by atoms with Gasteiger partial charge in [0.15, 0.2) is 5.82 Å². The number of morpholine rings is 1. The van der Waals surface area contributed by atoms with Crippen LogP contribution in [0, 0.1) is 0 Å². The fraction of sp³-hybridized carbons (Fsp3) is 0.591. The largest absolute Gasteiger partial charge is 0.393 e. The average molecular weight is 426 g/mol. The first-order valence-corrected chi connectivity index (χ1v) is 11.2. The van der Waals surface area contributed by atoms with Gasteiger partial charge in [0.05, 0.1) is 30.6 Å². The maximum atomic E-state index is 9.82. The van der Waals surface area contributed by atoms with Crippen molar-refractivity contribution in [3.05, 3.63) is 18.6 Å². The van der Waals surface area contributed by atoms with Crippen LogP contribution < -0.4 is 10.2 Å². The molecule has 2 fully saturated rings. The third-order valence-corrected chi connectivity index (χ3v) is 5.64. The summed E-state index contributed by atoms with van der Waals surface area (Å²) in [6.45, 7) is 6.00. The molecular weight excluding hydrogens is 394 g/mol. The quantitative estimate of drug-likeness (QED) is 0.652. The highest BCUT2D eigenvalue weighted by Gasteiger charge is 2.19. The van der Waals surface area contributed by atoms with Crippen molar-refractivity contribution in [1.82, 2.24) is 19.9 Å². The molecular formula is C22H31N7O2. The molecule has 0 atom stereocenters. The Kier molecular flexibility index (Phi) is 7.37. The lowest BCUT2D eigenvalue weighted by Crippen LogP contribution is -2.36. The van der Waals surface area contributed by atoms with Crippen LogP contribution in [-0.4, -0.2) is 69.7 Å². The normalized spacial score (nSPS) is 19.4. The molecule has 1 aliphatic carbocycles. The van der Waals surface area contributed by atoms with E-state index in [-0.39, 0.29) is 6.10 Å². The molecule has 2 aromatic rings. The highest BCUT2D eigenvalue weighted by atomic mass is 16.5. The smallest absolute Gasteiger partial charge is 0.224 e. The number of aliphatic hydroxyl groups excluding tert-OH is 1. The van der Waals surface area contributed by atoms with E-state index < -0.39 is 0 Å². The zero-order valence-electron chi connectivity index (χ0n) is 18.1. The summed E-state index contributed by atoms with van der Waals surface area (Å²) in [6.07, 6.45) is 8.37. The van der Waals surface area contributed by atoms with E-state index in [1.807, 2.05) is 6.07 Å². The van der Waals surface area contributed by atoms with Crippen LogP contribution in [0.2, 0.25) is 0 Å². The zero-order chi connectivity index (χ0) is 21.5. The second-order valence-corrected chi connectivity index (χ2v) is 7.98. The lowest BCUT2D eigenvalue weighted by Gasteiger charge is -2.27. The number of ether oxygens (including phenoxy) is 1. The zero-order valence-corrected chi connectivity index (χ0v) is 18.1. The molecule has 0 amide bonds. The minimum atomic E-state index is -0.229. The molecule has 2 aromatic heterocycles. The van der Waals surface area contributed by atoms with E-state index in [0.717, 1.165) is 80.9 Å². The number of aromatic nitrogens is 4. The van der Waals surface area contributed by atoms with E-state index >= 15 is 0 Å². The van der Waals surface area contributed by atoms with E-state index in [0.29, 0.717) is 25.0 Å². The van der Waals surface area contributed by atoms with Crippen LogP contribution in [0.1, 0.15) is 45.4 Å². The van der Waals surface area contributed by atoms with E-state index in [1.54, 1.807) is 12.5 Å². The summed E-state index contributed by atoms with van der Waals surface area (Å²) in [5.74, 6) is 2.07. The molecule has 9 nitrogen and oxygen atoms in total. The van der Waals surface area contributed by atoms with Gasteiger partial charge in [-0.3, -0.25) is 0 Å². The molecule has 2 N–H and O–H groups in total. The highest BCUT2D eigenvalue weighted by molar-refractivity contribution is 5.89. The van der Waals surface area contributed by atoms with E-state index in [1.165, 1.54) is 0 Å². The van der Waals surface area contributed by atoms with Gasteiger partial charge in [-0.05, 0) is 32.1 Å². The topological polar surface area (TPSA) is 109 Å².